The van der Waals surface area contributed by atoms with Crippen molar-refractivity contribution in [1.82, 2.24) is 15.0 Å². The van der Waals surface area contributed by atoms with Crippen LogP contribution in [0.5, 0.6) is 11.5 Å². The van der Waals surface area contributed by atoms with Crippen LogP contribution < -0.4 is 15.2 Å². The van der Waals surface area contributed by atoms with Gasteiger partial charge in [-0.2, -0.15) is 0 Å². The smallest absolute Gasteiger partial charge is 0.317 e. The van der Waals surface area contributed by atoms with E-state index < -0.39 is 11.2 Å². The van der Waals surface area contributed by atoms with E-state index in [1.54, 1.807) is 14.2 Å². The Balaban J connectivity index is 1.94. The third-order valence-corrected chi connectivity index (χ3v) is 6.91. The van der Waals surface area contributed by atoms with E-state index in [9.17, 15) is 9.90 Å². The van der Waals surface area contributed by atoms with Gasteiger partial charge in [0.2, 0.25) is 0 Å². The first kappa shape index (κ1) is 22.1. The lowest BCUT2D eigenvalue weighted by molar-refractivity contribution is -0.136. The molecule has 1 aromatic carbocycles. The van der Waals surface area contributed by atoms with Crippen LogP contribution in [0.2, 0.25) is 0 Å². The third-order valence-electron chi connectivity index (χ3n) is 5.69. The first-order valence-electron chi connectivity index (χ1n) is 10.6. The van der Waals surface area contributed by atoms with Crippen molar-refractivity contribution in [2.75, 3.05) is 20.0 Å². The predicted octanol–water partition coefficient (Wildman–Crippen LogP) is 4.13. The minimum atomic E-state index is -0.899. The second kappa shape index (κ2) is 9.20. The molecule has 168 valence electrons. The number of carboxylic acid groups (broad SMARTS) is 1. The predicted molar refractivity (Wildman–Crippen MR) is 124 cm³/mol. The van der Waals surface area contributed by atoms with E-state index in [-0.39, 0.29) is 0 Å². The van der Waals surface area contributed by atoms with Gasteiger partial charge in [-0.1, -0.05) is 24.8 Å². The summed E-state index contributed by atoms with van der Waals surface area (Å²) >= 11 is 1.10. The van der Waals surface area contributed by atoms with Crippen LogP contribution in [0.1, 0.15) is 37.4 Å². The van der Waals surface area contributed by atoms with Crippen LogP contribution in [-0.2, 0) is 17.6 Å². The number of anilines is 1. The summed E-state index contributed by atoms with van der Waals surface area (Å²) in [4.78, 5) is 25.4. The third kappa shape index (κ3) is 4.04. The number of ether oxygens (including phenoxy) is 2. The number of rotatable bonds is 7. The van der Waals surface area contributed by atoms with Crippen LogP contribution in [0.15, 0.2) is 23.4 Å². The lowest BCUT2D eigenvalue weighted by atomic mass is 9.87. The van der Waals surface area contributed by atoms with Crippen molar-refractivity contribution in [3.63, 3.8) is 0 Å². The van der Waals surface area contributed by atoms with Gasteiger partial charge in [-0.25, -0.2) is 15.0 Å². The molecule has 0 saturated carbocycles. The molecule has 2 heterocycles. The minimum Gasteiger partial charge on any atom is -0.493 e. The van der Waals surface area contributed by atoms with Crippen molar-refractivity contribution in [1.29, 1.82) is 0 Å². The Hall–Kier alpha value is -3.07. The zero-order valence-corrected chi connectivity index (χ0v) is 19.2. The summed E-state index contributed by atoms with van der Waals surface area (Å²) in [6.07, 6.45) is 4.36. The highest BCUT2D eigenvalue weighted by Crippen LogP contribution is 2.41. The van der Waals surface area contributed by atoms with Gasteiger partial charge in [-0.05, 0) is 55.4 Å². The summed E-state index contributed by atoms with van der Waals surface area (Å²) in [6.45, 7) is 1.82. The molecule has 4 rings (SSSR count). The number of carboxylic acids is 1. The molecule has 1 unspecified atom stereocenters. The quantitative estimate of drug-likeness (QED) is 0.401. The maximum Gasteiger partial charge on any atom is 0.317 e. The fourth-order valence-electron chi connectivity index (χ4n) is 4.13. The van der Waals surface area contributed by atoms with Crippen molar-refractivity contribution >= 4 is 34.6 Å². The van der Waals surface area contributed by atoms with Crippen LogP contribution in [0.25, 0.3) is 22.2 Å². The molecule has 1 aliphatic rings. The van der Waals surface area contributed by atoms with Gasteiger partial charge in [0.1, 0.15) is 11.1 Å². The number of hydrogen-bond donors (Lipinski definition) is 2. The fourth-order valence-corrected chi connectivity index (χ4v) is 4.94. The fraction of sp³-hybridized carbons (Fsp3) is 0.391. The molecule has 0 saturated heterocycles. The van der Waals surface area contributed by atoms with Crippen molar-refractivity contribution in [3.8, 4) is 22.6 Å². The van der Waals surface area contributed by atoms with Gasteiger partial charge in [0.15, 0.2) is 22.3 Å². The SMILES string of the molecule is CCC(Sc1nc(N)c2c(-c3ccc(OC)c(OC)c3)c3c(nc2n1)CCCC3)C(=O)O. The molecule has 0 aliphatic heterocycles. The molecule has 9 heteroatoms. The number of nitrogen functional groups attached to an aromatic ring is 1. The number of nitrogens with two attached hydrogens (primary N) is 1. The molecule has 0 bridgehead atoms. The first-order valence-corrected chi connectivity index (χ1v) is 11.5. The zero-order chi connectivity index (χ0) is 22.8. The number of aliphatic carboxylic acids is 1. The Kier molecular flexibility index (Phi) is 6.36. The highest BCUT2D eigenvalue weighted by Gasteiger charge is 2.25. The van der Waals surface area contributed by atoms with Gasteiger partial charge >= 0.3 is 5.97 Å². The molecule has 8 nitrogen and oxygen atoms in total. The van der Waals surface area contributed by atoms with Crippen LogP contribution in [0.4, 0.5) is 5.82 Å². The lowest BCUT2D eigenvalue weighted by Crippen LogP contribution is -2.16. The molecular formula is C23H26N4O4S. The van der Waals surface area contributed by atoms with Crippen LogP contribution >= 0.6 is 11.8 Å². The van der Waals surface area contributed by atoms with Crippen molar-refractivity contribution in [2.24, 2.45) is 0 Å². The summed E-state index contributed by atoms with van der Waals surface area (Å²) in [5, 5.41) is 9.78. The average molecular weight is 455 g/mol. The Bertz CT molecular complexity index is 1180. The summed E-state index contributed by atoms with van der Waals surface area (Å²) in [6, 6.07) is 5.78. The topological polar surface area (TPSA) is 120 Å². The molecule has 1 aliphatic carbocycles. The molecule has 0 amide bonds. The number of pyridine rings is 1. The van der Waals surface area contributed by atoms with Crippen LogP contribution in [0.3, 0.4) is 0 Å². The Morgan fingerprint density at radius 3 is 2.59 bits per heavy atom. The normalized spacial score (nSPS) is 14.1. The Morgan fingerprint density at radius 2 is 1.91 bits per heavy atom. The van der Waals surface area contributed by atoms with E-state index in [0.29, 0.717) is 39.9 Å². The van der Waals surface area contributed by atoms with Crippen molar-refractivity contribution in [2.45, 2.75) is 49.4 Å². The van der Waals surface area contributed by atoms with E-state index in [2.05, 4.69) is 9.97 Å². The highest BCUT2D eigenvalue weighted by molar-refractivity contribution is 8.00. The maximum absolute atomic E-state index is 11.5. The Morgan fingerprint density at radius 1 is 1.16 bits per heavy atom. The summed E-state index contributed by atoms with van der Waals surface area (Å²) < 4.78 is 10.9. The molecule has 1 atom stereocenters. The summed E-state index contributed by atoms with van der Waals surface area (Å²) in [5.74, 6) is 0.664. The highest BCUT2D eigenvalue weighted by atomic mass is 32.2. The standard InChI is InChI=1S/C23H26N4O4S/c1-4-17(22(28)29)32-23-26-20(24)19-18(12-9-10-15(30-2)16(11-12)31-3)13-7-5-6-8-14(13)25-21(19)27-23/h9-11,17H,4-8H2,1-3H3,(H,28,29)(H2,24,25,26,27). The van der Waals surface area contributed by atoms with Gasteiger partial charge < -0.3 is 20.3 Å². The lowest BCUT2D eigenvalue weighted by Gasteiger charge is -2.22. The molecule has 32 heavy (non-hydrogen) atoms. The summed E-state index contributed by atoms with van der Waals surface area (Å²) in [5.41, 5.74) is 11.0. The van der Waals surface area contributed by atoms with E-state index in [4.69, 9.17) is 20.2 Å². The first-order chi connectivity index (χ1) is 15.5. The molecule has 2 aromatic heterocycles. The number of aromatic nitrogens is 3. The number of methoxy groups -OCH3 is 2. The number of thioether (sulfide) groups is 1. The van der Waals surface area contributed by atoms with E-state index in [1.807, 2.05) is 25.1 Å². The second-order valence-electron chi connectivity index (χ2n) is 7.63. The summed E-state index contributed by atoms with van der Waals surface area (Å²) in [7, 11) is 3.21. The molecule has 0 fully saturated rings. The Labute approximate surface area is 190 Å². The minimum absolute atomic E-state index is 0.295. The van der Waals surface area contributed by atoms with E-state index >= 15 is 0 Å². The molecule has 0 radical (unpaired) electrons. The van der Waals surface area contributed by atoms with E-state index in [1.165, 1.54) is 0 Å². The largest absolute Gasteiger partial charge is 0.493 e. The van der Waals surface area contributed by atoms with E-state index in [0.717, 1.165) is 59.8 Å². The van der Waals surface area contributed by atoms with Gasteiger partial charge in [-0.15, -0.1) is 0 Å². The number of fused-ring (bicyclic) bond motifs is 2. The van der Waals surface area contributed by atoms with Crippen molar-refractivity contribution < 1.29 is 19.4 Å². The monoisotopic (exact) mass is 454 g/mol. The number of benzene rings is 1. The van der Waals surface area contributed by atoms with Gasteiger partial charge in [0.25, 0.3) is 0 Å². The molecule has 0 spiro atoms. The molecule has 3 N–H and O–H groups in total. The van der Waals surface area contributed by atoms with Gasteiger partial charge in [0.05, 0.1) is 19.6 Å². The maximum atomic E-state index is 11.5. The second-order valence-corrected chi connectivity index (χ2v) is 8.80. The van der Waals surface area contributed by atoms with Gasteiger partial charge in [0, 0.05) is 11.3 Å². The molecule has 3 aromatic rings. The van der Waals surface area contributed by atoms with Crippen LogP contribution in [-0.4, -0.2) is 45.5 Å². The number of hydrogen-bond acceptors (Lipinski definition) is 8. The number of aryl methyl sites for hydroxylation is 1. The average Bonchev–Trinajstić information content (AvgIpc) is 2.80. The number of nitrogens with zero attached hydrogens (tertiary/aromatic N) is 3. The zero-order valence-electron chi connectivity index (χ0n) is 18.3. The van der Waals surface area contributed by atoms with Crippen LogP contribution in [0, 0.1) is 0 Å². The van der Waals surface area contributed by atoms with Crippen molar-refractivity contribution in [3.05, 3.63) is 29.5 Å². The number of carbonyl (C=O) groups is 1. The van der Waals surface area contributed by atoms with Gasteiger partial charge in [-0.3, -0.25) is 4.79 Å². The molecular weight excluding hydrogens is 428 g/mol.